The predicted octanol–water partition coefficient (Wildman–Crippen LogP) is 4.85. The van der Waals surface area contributed by atoms with Crippen LogP contribution in [-0.4, -0.2) is 36.2 Å². The summed E-state index contributed by atoms with van der Waals surface area (Å²) < 4.78 is 17.8. The zero-order valence-electron chi connectivity index (χ0n) is 16.2. The van der Waals surface area contributed by atoms with Gasteiger partial charge < -0.3 is 14.2 Å². The number of hydrogen-bond donors (Lipinski definition) is 0. The predicted molar refractivity (Wildman–Crippen MR) is 107 cm³/mol. The van der Waals surface area contributed by atoms with Gasteiger partial charge in [-0.05, 0) is 44.2 Å². The van der Waals surface area contributed by atoms with E-state index in [1.807, 2.05) is 6.92 Å². The van der Waals surface area contributed by atoms with Crippen LogP contribution in [0, 0.1) is 0 Å². The molecule has 0 radical (unpaired) electrons. The summed E-state index contributed by atoms with van der Waals surface area (Å²) in [4.78, 5) is 11.9. The number of carbonyl (C=O) groups excluding carboxylic acids is 1. The minimum atomic E-state index is -0.532. The van der Waals surface area contributed by atoms with Gasteiger partial charge in [0.2, 0.25) is 0 Å². The van der Waals surface area contributed by atoms with E-state index in [0.29, 0.717) is 26.1 Å². The van der Waals surface area contributed by atoms with Crippen LogP contribution in [0.5, 0.6) is 5.75 Å². The fraction of sp³-hybridized carbons (Fsp3) is 0.667. The smallest absolute Gasteiger partial charge is 0.305 e. The third-order valence-corrected chi connectivity index (χ3v) is 5.41. The summed E-state index contributed by atoms with van der Waals surface area (Å²) in [6, 6.07) is 6.37. The maximum Gasteiger partial charge on any atom is 0.305 e. The van der Waals surface area contributed by atoms with Gasteiger partial charge in [0.1, 0.15) is 17.5 Å². The second kappa shape index (κ2) is 10.3. The summed E-state index contributed by atoms with van der Waals surface area (Å²) in [7, 11) is 0. The van der Waals surface area contributed by atoms with Crippen LogP contribution in [0.15, 0.2) is 18.2 Å². The normalized spacial score (nSPS) is 21.8. The largest absolute Gasteiger partial charge is 0.484 e. The van der Waals surface area contributed by atoms with Gasteiger partial charge in [-0.1, -0.05) is 47.5 Å². The molecule has 5 heteroatoms. The zero-order chi connectivity index (χ0) is 19.0. The molecule has 0 saturated carbocycles. The van der Waals surface area contributed by atoms with Crippen molar-refractivity contribution in [3.63, 3.8) is 0 Å². The monoisotopic (exact) mass is 426 g/mol. The van der Waals surface area contributed by atoms with Gasteiger partial charge in [-0.2, -0.15) is 0 Å². The first-order chi connectivity index (χ1) is 12.5. The fourth-order valence-electron chi connectivity index (χ4n) is 3.42. The lowest BCUT2D eigenvalue weighted by atomic mass is 9.84. The number of alkyl halides is 1. The number of carbonyl (C=O) groups is 1. The maximum atomic E-state index is 11.9. The van der Waals surface area contributed by atoms with E-state index in [1.165, 1.54) is 11.1 Å². The standard InChI is InChI=1S/C21H31BrO4/c1-4-8-16-9-6-10-17-15-18(25-14-7-13-22)21(3,26-20(16)17)12-11-19(23)24-5-2/h6,9-10,18H,4-5,7-8,11-15H2,1-3H3. The van der Waals surface area contributed by atoms with Crippen molar-refractivity contribution in [1.29, 1.82) is 0 Å². The summed E-state index contributed by atoms with van der Waals surface area (Å²) in [6.45, 7) is 7.16. The van der Waals surface area contributed by atoms with Crippen LogP contribution in [0.3, 0.4) is 0 Å². The van der Waals surface area contributed by atoms with Gasteiger partial charge in [-0.25, -0.2) is 0 Å². The van der Waals surface area contributed by atoms with E-state index in [2.05, 4.69) is 48.0 Å². The quantitative estimate of drug-likeness (QED) is 0.304. The molecule has 146 valence electrons. The van der Waals surface area contributed by atoms with Gasteiger partial charge in [-0.3, -0.25) is 4.79 Å². The van der Waals surface area contributed by atoms with E-state index >= 15 is 0 Å². The van der Waals surface area contributed by atoms with Gasteiger partial charge in [0, 0.05) is 24.8 Å². The Morgan fingerprint density at radius 1 is 1.38 bits per heavy atom. The molecule has 2 rings (SSSR count). The van der Waals surface area contributed by atoms with Crippen molar-refractivity contribution < 1.29 is 19.0 Å². The number of halogens is 1. The number of fused-ring (bicyclic) bond motifs is 1. The highest BCUT2D eigenvalue weighted by molar-refractivity contribution is 9.09. The highest BCUT2D eigenvalue weighted by Gasteiger charge is 2.42. The summed E-state index contributed by atoms with van der Waals surface area (Å²) >= 11 is 3.45. The average molecular weight is 427 g/mol. The van der Waals surface area contributed by atoms with Gasteiger partial charge in [0.15, 0.2) is 0 Å². The minimum Gasteiger partial charge on any atom is -0.484 e. The Morgan fingerprint density at radius 2 is 2.19 bits per heavy atom. The first-order valence-electron chi connectivity index (χ1n) is 9.67. The number of para-hydroxylation sites is 1. The molecular weight excluding hydrogens is 396 g/mol. The Labute approximate surface area is 165 Å². The number of aryl methyl sites for hydroxylation is 1. The second-order valence-electron chi connectivity index (χ2n) is 6.98. The van der Waals surface area contributed by atoms with Gasteiger partial charge in [0.25, 0.3) is 0 Å². The van der Waals surface area contributed by atoms with E-state index < -0.39 is 5.60 Å². The molecule has 2 unspecified atom stereocenters. The van der Waals surface area contributed by atoms with Crippen molar-refractivity contribution in [3.05, 3.63) is 29.3 Å². The average Bonchev–Trinajstić information content (AvgIpc) is 2.62. The van der Waals surface area contributed by atoms with Crippen molar-refractivity contribution in [2.45, 2.75) is 71.0 Å². The van der Waals surface area contributed by atoms with E-state index in [0.717, 1.165) is 36.8 Å². The molecule has 2 atom stereocenters. The lowest BCUT2D eigenvalue weighted by Gasteiger charge is -2.43. The van der Waals surface area contributed by atoms with Crippen molar-refractivity contribution >= 4 is 21.9 Å². The summed E-state index contributed by atoms with van der Waals surface area (Å²) in [5.74, 6) is 0.810. The first-order valence-corrected chi connectivity index (χ1v) is 10.8. The van der Waals surface area contributed by atoms with Crippen molar-refractivity contribution in [1.82, 2.24) is 0 Å². The molecule has 1 aromatic carbocycles. The number of benzene rings is 1. The number of ether oxygens (including phenoxy) is 3. The fourth-order valence-corrected chi connectivity index (χ4v) is 3.65. The third-order valence-electron chi connectivity index (χ3n) is 4.85. The van der Waals surface area contributed by atoms with Crippen LogP contribution >= 0.6 is 15.9 Å². The molecule has 4 nitrogen and oxygen atoms in total. The molecule has 0 aromatic heterocycles. The summed E-state index contributed by atoms with van der Waals surface area (Å²) in [5.41, 5.74) is 1.91. The minimum absolute atomic E-state index is 0.0691. The van der Waals surface area contributed by atoms with Gasteiger partial charge in [-0.15, -0.1) is 0 Å². The molecule has 0 aliphatic carbocycles. The Bertz CT molecular complexity index is 589. The van der Waals surface area contributed by atoms with E-state index in [9.17, 15) is 4.79 Å². The zero-order valence-corrected chi connectivity index (χ0v) is 17.8. The van der Waals surface area contributed by atoms with Crippen LogP contribution in [0.1, 0.15) is 57.6 Å². The molecule has 0 saturated heterocycles. The lowest BCUT2D eigenvalue weighted by Crippen LogP contribution is -2.51. The van der Waals surface area contributed by atoms with Crippen LogP contribution in [0.25, 0.3) is 0 Å². The first kappa shape index (κ1) is 21.2. The third kappa shape index (κ3) is 5.46. The molecule has 1 aromatic rings. The Morgan fingerprint density at radius 3 is 2.88 bits per heavy atom. The van der Waals surface area contributed by atoms with Crippen LogP contribution < -0.4 is 4.74 Å². The lowest BCUT2D eigenvalue weighted by molar-refractivity contribution is -0.146. The van der Waals surface area contributed by atoms with Crippen LogP contribution in [0.2, 0.25) is 0 Å². The highest BCUT2D eigenvalue weighted by atomic mass is 79.9. The van der Waals surface area contributed by atoms with Crippen LogP contribution in [0.4, 0.5) is 0 Å². The number of rotatable bonds is 10. The van der Waals surface area contributed by atoms with E-state index in [1.54, 1.807) is 0 Å². The molecule has 0 fully saturated rings. The van der Waals surface area contributed by atoms with E-state index in [-0.39, 0.29) is 12.1 Å². The SMILES string of the molecule is CCCc1cccc2c1OC(C)(CCC(=O)OCC)C(OCCCBr)C2. The van der Waals surface area contributed by atoms with Gasteiger partial charge >= 0.3 is 5.97 Å². The Hall–Kier alpha value is -1.07. The molecule has 0 bridgehead atoms. The van der Waals surface area contributed by atoms with Gasteiger partial charge in [0.05, 0.1) is 6.61 Å². The second-order valence-corrected chi connectivity index (χ2v) is 7.77. The molecule has 1 aliphatic rings. The van der Waals surface area contributed by atoms with Crippen molar-refractivity contribution in [3.8, 4) is 5.75 Å². The highest BCUT2D eigenvalue weighted by Crippen LogP contribution is 2.40. The molecule has 1 aliphatic heterocycles. The molecule has 26 heavy (non-hydrogen) atoms. The molecule has 0 N–H and O–H groups in total. The Kier molecular flexibility index (Phi) is 8.42. The molecule has 1 heterocycles. The number of hydrogen-bond acceptors (Lipinski definition) is 4. The maximum absolute atomic E-state index is 11.9. The van der Waals surface area contributed by atoms with Crippen molar-refractivity contribution in [2.75, 3.05) is 18.5 Å². The number of esters is 1. The molecule has 0 amide bonds. The van der Waals surface area contributed by atoms with E-state index in [4.69, 9.17) is 14.2 Å². The summed E-state index contributed by atoms with van der Waals surface area (Å²) in [5, 5.41) is 0.914. The summed E-state index contributed by atoms with van der Waals surface area (Å²) in [6.07, 6.45) is 4.69. The van der Waals surface area contributed by atoms with Crippen LogP contribution in [-0.2, 0) is 27.1 Å². The topological polar surface area (TPSA) is 44.8 Å². The Balaban J connectivity index is 2.21. The molecule has 0 spiro atoms. The van der Waals surface area contributed by atoms with Crippen molar-refractivity contribution in [2.24, 2.45) is 0 Å². The molecular formula is C21H31BrO4.